The highest BCUT2D eigenvalue weighted by Gasteiger charge is 2.35. The van der Waals surface area contributed by atoms with Crippen LogP contribution in [0.15, 0.2) is 12.3 Å². The molecule has 2 N–H and O–H groups in total. The van der Waals surface area contributed by atoms with Crippen LogP contribution in [0.5, 0.6) is 0 Å². The van der Waals surface area contributed by atoms with Crippen molar-refractivity contribution in [3.8, 4) is 0 Å². The number of hydrogen-bond acceptors (Lipinski definition) is 2. The molecule has 0 saturated heterocycles. The molecular weight excluding hydrogens is 225 g/mol. The van der Waals surface area contributed by atoms with Crippen molar-refractivity contribution in [2.45, 2.75) is 6.18 Å². The molecule has 0 bridgehead atoms. The lowest BCUT2D eigenvalue weighted by molar-refractivity contribution is -0.137. The van der Waals surface area contributed by atoms with Crippen LogP contribution in [0.3, 0.4) is 0 Å². The van der Waals surface area contributed by atoms with E-state index in [2.05, 4.69) is 4.98 Å². The Morgan fingerprint density at radius 2 is 1.73 bits per heavy atom. The van der Waals surface area contributed by atoms with Gasteiger partial charge < -0.3 is 18.7 Å². The lowest BCUT2D eigenvalue weighted by Crippen LogP contribution is -2.37. The van der Waals surface area contributed by atoms with E-state index in [4.69, 9.17) is 5.73 Å². The van der Waals surface area contributed by atoms with Crippen molar-refractivity contribution in [3.63, 3.8) is 0 Å². The van der Waals surface area contributed by atoms with Crippen LogP contribution in [0.4, 0.5) is 31.9 Å². The third kappa shape index (κ3) is 2.54. The molecule has 0 radical (unpaired) electrons. The lowest BCUT2D eigenvalue weighted by atomic mass is 9.80. The Labute approximate surface area is 80.2 Å². The molecular formula is C6H4BF6N2-. The quantitative estimate of drug-likeness (QED) is 0.588. The predicted molar refractivity (Wildman–Crippen MR) is 42.4 cm³/mol. The van der Waals surface area contributed by atoms with Crippen LogP contribution >= 0.6 is 0 Å². The van der Waals surface area contributed by atoms with Gasteiger partial charge in [0.1, 0.15) is 0 Å². The Bertz CT molecular complexity index is 371. The first-order valence-electron chi connectivity index (χ1n) is 3.65. The molecule has 2 nitrogen and oxygen atoms in total. The van der Waals surface area contributed by atoms with Gasteiger partial charge in [0.05, 0.1) is 11.4 Å². The molecule has 0 unspecified atom stereocenters. The largest absolute Gasteiger partial charge is 0.513 e. The van der Waals surface area contributed by atoms with Crippen molar-refractivity contribution in [2.24, 2.45) is 0 Å². The number of anilines is 1. The number of aromatic nitrogens is 1. The lowest BCUT2D eigenvalue weighted by Gasteiger charge is -2.18. The second kappa shape index (κ2) is 3.32. The number of halogens is 6. The zero-order valence-electron chi connectivity index (χ0n) is 7.02. The highest BCUT2D eigenvalue weighted by molar-refractivity contribution is 6.74. The Hall–Kier alpha value is -1.41. The third-order valence-corrected chi connectivity index (χ3v) is 1.63. The summed E-state index contributed by atoms with van der Waals surface area (Å²) in [4.78, 5) is 2.87. The van der Waals surface area contributed by atoms with Gasteiger partial charge in [-0.2, -0.15) is 13.2 Å². The highest BCUT2D eigenvalue weighted by Crippen LogP contribution is 2.29. The van der Waals surface area contributed by atoms with Gasteiger partial charge in [0, 0.05) is 6.20 Å². The van der Waals surface area contributed by atoms with E-state index in [1.54, 1.807) is 0 Å². The van der Waals surface area contributed by atoms with Gasteiger partial charge in [0.25, 0.3) is 0 Å². The van der Waals surface area contributed by atoms with Crippen LogP contribution in [-0.2, 0) is 6.18 Å². The van der Waals surface area contributed by atoms with E-state index in [0.717, 1.165) is 0 Å². The zero-order valence-corrected chi connectivity index (χ0v) is 7.02. The van der Waals surface area contributed by atoms with Crippen LogP contribution < -0.4 is 11.2 Å². The summed E-state index contributed by atoms with van der Waals surface area (Å²) in [5.74, 6) is -0.949. The van der Waals surface area contributed by atoms with E-state index in [9.17, 15) is 26.1 Å². The van der Waals surface area contributed by atoms with Crippen molar-refractivity contribution < 1.29 is 26.1 Å². The van der Waals surface area contributed by atoms with Gasteiger partial charge in [-0.3, -0.25) is 0 Å². The van der Waals surface area contributed by atoms with E-state index < -0.39 is 30.0 Å². The van der Waals surface area contributed by atoms with Gasteiger partial charge in [-0.15, -0.1) is 0 Å². The standard InChI is InChI=1S/C6H4BF6N2/c8-6(9,10)3-1-4(7(11,12)13)5(14)15-2-3/h1-2H,(H2,14,15)/q-1. The Morgan fingerprint density at radius 1 is 1.20 bits per heavy atom. The number of hydrogen-bond donors (Lipinski definition) is 1. The second-order valence-corrected chi connectivity index (χ2v) is 2.77. The molecule has 0 aliphatic rings. The van der Waals surface area contributed by atoms with E-state index >= 15 is 0 Å². The van der Waals surface area contributed by atoms with Crippen molar-refractivity contribution >= 4 is 18.3 Å². The monoisotopic (exact) mass is 229 g/mol. The Morgan fingerprint density at radius 3 is 2.13 bits per heavy atom. The molecule has 15 heavy (non-hydrogen) atoms. The molecule has 1 rings (SSSR count). The first-order chi connectivity index (χ1) is 6.62. The maximum atomic E-state index is 12.2. The van der Waals surface area contributed by atoms with E-state index in [1.165, 1.54) is 0 Å². The van der Waals surface area contributed by atoms with Gasteiger partial charge in [-0.05, 0) is 0 Å². The number of nitrogens with zero attached hydrogens (tertiary/aromatic N) is 1. The number of rotatable bonds is 1. The van der Waals surface area contributed by atoms with Crippen molar-refractivity contribution in [1.29, 1.82) is 0 Å². The minimum Gasteiger partial charge on any atom is -0.445 e. The molecule has 0 amide bonds. The Kier molecular flexibility index (Phi) is 2.58. The number of nitrogens with two attached hydrogens (primary N) is 1. The molecule has 0 spiro atoms. The van der Waals surface area contributed by atoms with Gasteiger partial charge >= 0.3 is 13.2 Å². The summed E-state index contributed by atoms with van der Waals surface area (Å²) in [6.07, 6.45) is -4.60. The molecule has 84 valence electrons. The average molecular weight is 229 g/mol. The summed E-state index contributed by atoms with van der Waals surface area (Å²) >= 11 is 0. The van der Waals surface area contributed by atoms with Crippen LogP contribution in [-0.4, -0.2) is 12.0 Å². The molecule has 0 saturated carbocycles. The maximum Gasteiger partial charge on any atom is 0.513 e. The van der Waals surface area contributed by atoms with E-state index in [-0.39, 0.29) is 12.3 Å². The Balaban J connectivity index is 3.30. The van der Waals surface area contributed by atoms with Crippen molar-refractivity contribution in [1.82, 2.24) is 4.98 Å². The molecule has 0 aliphatic heterocycles. The smallest absolute Gasteiger partial charge is 0.445 e. The molecule has 0 aromatic carbocycles. The molecule has 1 aromatic rings. The minimum absolute atomic E-state index is 0.0394. The third-order valence-electron chi connectivity index (χ3n) is 1.63. The molecule has 9 heteroatoms. The first kappa shape index (κ1) is 11.7. The number of alkyl halides is 3. The van der Waals surface area contributed by atoms with Crippen molar-refractivity contribution in [2.75, 3.05) is 5.73 Å². The minimum atomic E-state index is -5.59. The fourth-order valence-corrected chi connectivity index (χ4v) is 0.910. The van der Waals surface area contributed by atoms with E-state index in [1.807, 2.05) is 0 Å². The molecule has 1 heterocycles. The van der Waals surface area contributed by atoms with Crippen molar-refractivity contribution in [3.05, 3.63) is 17.8 Å². The normalized spacial score (nSPS) is 12.9. The number of nitrogen functional groups attached to an aromatic ring is 1. The summed E-state index contributed by atoms with van der Waals surface area (Å²) < 4.78 is 72.7. The summed E-state index contributed by atoms with van der Waals surface area (Å²) in [6.45, 7) is -5.59. The zero-order chi connectivity index (χ0) is 11.9. The molecule has 1 aromatic heterocycles. The van der Waals surface area contributed by atoms with Crippen LogP contribution in [0.2, 0.25) is 0 Å². The summed E-state index contributed by atoms with van der Waals surface area (Å²) in [5.41, 5.74) is 1.85. The fraction of sp³-hybridized carbons (Fsp3) is 0.167. The second-order valence-electron chi connectivity index (χ2n) is 2.77. The maximum absolute atomic E-state index is 12.2. The predicted octanol–water partition coefficient (Wildman–Crippen LogP) is 1.74. The SMILES string of the molecule is Nc1ncc(C(F)(F)F)cc1[B-](F)(F)F. The van der Waals surface area contributed by atoms with Crippen LogP contribution in [0.1, 0.15) is 5.56 Å². The van der Waals surface area contributed by atoms with Crippen LogP contribution in [0.25, 0.3) is 0 Å². The highest BCUT2D eigenvalue weighted by atomic mass is 19.4. The number of pyridine rings is 1. The van der Waals surface area contributed by atoms with E-state index in [0.29, 0.717) is 0 Å². The topological polar surface area (TPSA) is 38.9 Å². The summed E-state index contributed by atoms with van der Waals surface area (Å²) in [5, 5.41) is 0. The first-order valence-corrected chi connectivity index (χ1v) is 3.65. The molecule has 0 fully saturated rings. The van der Waals surface area contributed by atoms with Gasteiger partial charge in [0.15, 0.2) is 0 Å². The summed E-state index contributed by atoms with van der Waals surface area (Å²) in [6, 6.07) is -0.0394. The van der Waals surface area contributed by atoms with Gasteiger partial charge in [0.2, 0.25) is 0 Å². The summed E-state index contributed by atoms with van der Waals surface area (Å²) in [7, 11) is 0. The van der Waals surface area contributed by atoms with Gasteiger partial charge in [-0.1, -0.05) is 11.5 Å². The molecule has 0 atom stereocenters. The van der Waals surface area contributed by atoms with Crippen LogP contribution in [0, 0.1) is 0 Å². The fourth-order valence-electron chi connectivity index (χ4n) is 0.910. The van der Waals surface area contributed by atoms with Gasteiger partial charge in [-0.25, -0.2) is 4.98 Å². The average Bonchev–Trinajstić information content (AvgIpc) is 2.00. The molecule has 0 aliphatic carbocycles.